The minimum Gasteiger partial charge on any atom is -0.370 e. The maximum absolute atomic E-state index is 11.8. The van der Waals surface area contributed by atoms with Gasteiger partial charge in [-0.15, -0.1) is 0 Å². The van der Waals surface area contributed by atoms with Gasteiger partial charge in [-0.25, -0.2) is 4.63 Å². The predicted molar refractivity (Wildman–Crippen MR) is 117 cm³/mol. The summed E-state index contributed by atoms with van der Waals surface area (Å²) in [6.07, 6.45) is 0. The molecule has 1 heterocycles. The van der Waals surface area contributed by atoms with Crippen LogP contribution in [0.5, 0.6) is 0 Å². The number of rotatable bonds is 7. The molecule has 0 saturated carbocycles. The van der Waals surface area contributed by atoms with E-state index in [1.54, 1.807) is 6.07 Å². The molecule has 0 fully saturated rings. The van der Waals surface area contributed by atoms with Gasteiger partial charge in [-0.3, -0.25) is 10.1 Å². The van der Waals surface area contributed by atoms with Crippen LogP contribution in [-0.2, 0) is 0 Å². The van der Waals surface area contributed by atoms with E-state index >= 15 is 0 Å². The number of hydrogen-bond acceptors (Lipinski definition) is 7. The highest BCUT2D eigenvalue weighted by Gasteiger charge is 2.27. The molecule has 4 aromatic rings. The Labute approximate surface area is 173 Å². The van der Waals surface area contributed by atoms with Crippen molar-refractivity contribution in [2.75, 3.05) is 23.3 Å². The minimum atomic E-state index is -0.459. The van der Waals surface area contributed by atoms with Gasteiger partial charge in [0, 0.05) is 18.8 Å². The van der Waals surface area contributed by atoms with Crippen molar-refractivity contribution in [1.82, 2.24) is 10.3 Å². The largest absolute Gasteiger partial charge is 0.370 e. The number of nitro groups is 1. The zero-order valence-electron chi connectivity index (χ0n) is 16.7. The zero-order chi connectivity index (χ0) is 21.1. The Kier molecular flexibility index (Phi) is 5.30. The summed E-state index contributed by atoms with van der Waals surface area (Å²) in [4.78, 5) is 13.4. The first-order valence-corrected chi connectivity index (χ1v) is 9.73. The van der Waals surface area contributed by atoms with Crippen LogP contribution in [-0.4, -0.2) is 28.3 Å². The summed E-state index contributed by atoms with van der Waals surface area (Å²) in [5.74, 6) is 0. The van der Waals surface area contributed by atoms with Crippen LogP contribution in [0.25, 0.3) is 22.2 Å². The maximum atomic E-state index is 11.8. The first-order valence-electron chi connectivity index (χ1n) is 9.73. The number of hydrogen-bond donors (Lipinski definition) is 1. The first kappa shape index (κ1) is 19.4. The van der Waals surface area contributed by atoms with E-state index in [2.05, 4.69) is 20.5 Å². The lowest BCUT2D eigenvalue weighted by Crippen LogP contribution is -2.22. The molecule has 3 aromatic carbocycles. The summed E-state index contributed by atoms with van der Waals surface area (Å²) in [7, 11) is 0. The minimum absolute atomic E-state index is 0.132. The fraction of sp³-hybridized carbons (Fsp3) is 0.182. The van der Waals surface area contributed by atoms with Gasteiger partial charge in [0.25, 0.3) is 0 Å². The van der Waals surface area contributed by atoms with Crippen molar-refractivity contribution in [3.05, 3.63) is 70.8 Å². The van der Waals surface area contributed by atoms with Gasteiger partial charge in [-0.1, -0.05) is 42.5 Å². The standard InChI is InChI=1S/C22H21N5O3/c1-3-26(4-2)19-14-18(22(27(28)29)21-20(19)24-30-25-21)23-17-12-10-16(11-13-17)15-8-6-5-7-9-15/h5-14,23H,3-4H2,1-2H3. The summed E-state index contributed by atoms with van der Waals surface area (Å²) in [6, 6.07) is 19.5. The molecule has 0 bridgehead atoms. The van der Waals surface area contributed by atoms with Gasteiger partial charge < -0.3 is 10.2 Å². The van der Waals surface area contributed by atoms with Gasteiger partial charge in [0.2, 0.25) is 5.52 Å². The lowest BCUT2D eigenvalue weighted by molar-refractivity contribution is -0.382. The summed E-state index contributed by atoms with van der Waals surface area (Å²) in [6.45, 7) is 5.47. The first-order chi connectivity index (χ1) is 14.6. The number of benzene rings is 3. The third-order valence-corrected chi connectivity index (χ3v) is 5.05. The molecule has 0 aliphatic rings. The maximum Gasteiger partial charge on any atom is 0.324 e. The van der Waals surface area contributed by atoms with E-state index in [9.17, 15) is 10.1 Å². The van der Waals surface area contributed by atoms with Gasteiger partial charge in [0.15, 0.2) is 5.52 Å². The number of fused-ring (bicyclic) bond motifs is 1. The van der Waals surface area contributed by atoms with Gasteiger partial charge in [-0.05, 0) is 53.5 Å². The van der Waals surface area contributed by atoms with Crippen molar-refractivity contribution >= 4 is 33.8 Å². The van der Waals surface area contributed by atoms with E-state index < -0.39 is 4.92 Å². The van der Waals surface area contributed by atoms with Crippen LogP contribution >= 0.6 is 0 Å². The molecule has 0 aliphatic heterocycles. The second-order valence-electron chi connectivity index (χ2n) is 6.75. The van der Waals surface area contributed by atoms with Crippen LogP contribution in [0.1, 0.15) is 13.8 Å². The zero-order valence-corrected chi connectivity index (χ0v) is 16.7. The number of aromatic nitrogens is 2. The summed E-state index contributed by atoms with van der Waals surface area (Å²) < 4.78 is 4.85. The number of nitrogens with one attached hydrogen (secondary N) is 1. The Balaban J connectivity index is 1.76. The van der Waals surface area contributed by atoms with Crippen LogP contribution in [0, 0.1) is 10.1 Å². The molecule has 152 valence electrons. The van der Waals surface area contributed by atoms with Crippen LogP contribution in [0.3, 0.4) is 0 Å². The predicted octanol–water partition coefficient (Wildman–Crippen LogP) is 5.39. The summed E-state index contributed by atoms with van der Waals surface area (Å²) >= 11 is 0. The molecule has 8 nitrogen and oxygen atoms in total. The molecule has 0 unspecified atom stereocenters. The average Bonchev–Trinajstić information content (AvgIpc) is 3.25. The van der Waals surface area contributed by atoms with Crippen LogP contribution in [0.4, 0.5) is 22.7 Å². The Bertz CT molecular complexity index is 1170. The Morgan fingerprint density at radius 2 is 1.60 bits per heavy atom. The molecular weight excluding hydrogens is 382 g/mol. The second-order valence-corrected chi connectivity index (χ2v) is 6.75. The Hall–Kier alpha value is -3.94. The van der Waals surface area contributed by atoms with Crippen LogP contribution in [0.15, 0.2) is 65.3 Å². The van der Waals surface area contributed by atoms with E-state index in [1.165, 1.54) is 0 Å². The molecule has 4 rings (SSSR count). The van der Waals surface area contributed by atoms with E-state index in [0.717, 1.165) is 35.6 Å². The second kappa shape index (κ2) is 8.20. The van der Waals surface area contributed by atoms with Crippen molar-refractivity contribution in [2.45, 2.75) is 13.8 Å². The van der Waals surface area contributed by atoms with Crippen LogP contribution < -0.4 is 10.2 Å². The Morgan fingerprint density at radius 1 is 0.967 bits per heavy atom. The highest BCUT2D eigenvalue weighted by atomic mass is 16.6. The van der Waals surface area contributed by atoms with E-state index in [4.69, 9.17) is 4.63 Å². The molecule has 0 atom stereocenters. The van der Waals surface area contributed by atoms with Crippen LogP contribution in [0.2, 0.25) is 0 Å². The van der Waals surface area contributed by atoms with E-state index in [0.29, 0.717) is 11.2 Å². The summed E-state index contributed by atoms with van der Waals surface area (Å²) in [5, 5.41) is 22.7. The fourth-order valence-corrected chi connectivity index (χ4v) is 3.53. The smallest absolute Gasteiger partial charge is 0.324 e. The van der Waals surface area contributed by atoms with Crippen molar-refractivity contribution in [3.63, 3.8) is 0 Å². The van der Waals surface area contributed by atoms with Crippen molar-refractivity contribution in [2.24, 2.45) is 0 Å². The third-order valence-electron chi connectivity index (χ3n) is 5.05. The van der Waals surface area contributed by atoms with E-state index in [-0.39, 0.29) is 11.2 Å². The Morgan fingerprint density at radius 3 is 2.23 bits per heavy atom. The number of anilines is 3. The van der Waals surface area contributed by atoms with Gasteiger partial charge in [-0.2, -0.15) is 0 Å². The molecule has 30 heavy (non-hydrogen) atoms. The lowest BCUT2D eigenvalue weighted by Gasteiger charge is -2.21. The SMILES string of the molecule is CCN(CC)c1cc(Nc2ccc(-c3ccccc3)cc2)c([N+](=O)[O-])c2nonc12. The molecule has 1 aromatic heterocycles. The molecule has 0 aliphatic carbocycles. The molecule has 0 saturated heterocycles. The van der Waals surface area contributed by atoms with Gasteiger partial charge in [0.1, 0.15) is 5.69 Å². The highest BCUT2D eigenvalue weighted by molar-refractivity contribution is 6.00. The highest BCUT2D eigenvalue weighted by Crippen LogP contribution is 2.39. The average molecular weight is 403 g/mol. The van der Waals surface area contributed by atoms with Crippen molar-refractivity contribution in [3.8, 4) is 11.1 Å². The monoisotopic (exact) mass is 403 g/mol. The number of nitro benzene ring substituents is 1. The van der Waals surface area contributed by atoms with Crippen molar-refractivity contribution < 1.29 is 9.55 Å². The topological polar surface area (TPSA) is 97.3 Å². The molecule has 0 amide bonds. The van der Waals surface area contributed by atoms with Crippen molar-refractivity contribution in [1.29, 1.82) is 0 Å². The molecule has 0 spiro atoms. The third kappa shape index (κ3) is 3.55. The van der Waals surface area contributed by atoms with Gasteiger partial charge in [0.05, 0.1) is 10.6 Å². The lowest BCUT2D eigenvalue weighted by atomic mass is 10.1. The van der Waals surface area contributed by atoms with E-state index in [1.807, 2.05) is 68.4 Å². The van der Waals surface area contributed by atoms with Gasteiger partial charge >= 0.3 is 5.69 Å². The molecule has 8 heteroatoms. The number of nitrogens with zero attached hydrogens (tertiary/aromatic N) is 4. The molecule has 1 N–H and O–H groups in total. The quantitative estimate of drug-likeness (QED) is 0.326. The summed E-state index contributed by atoms with van der Waals surface area (Å²) in [5.41, 5.74) is 4.35. The molecule has 0 radical (unpaired) electrons. The normalized spacial score (nSPS) is 10.9. The molecular formula is C22H21N5O3. The fourth-order valence-electron chi connectivity index (χ4n) is 3.53.